The van der Waals surface area contributed by atoms with Crippen LogP contribution in [0.5, 0.6) is 0 Å². The molecule has 1 aromatic rings. The van der Waals surface area contributed by atoms with Gasteiger partial charge in [0, 0.05) is 21.2 Å². The maximum Gasteiger partial charge on any atom is 0.0504 e. The normalized spacial score (nSPS) is 11.5. The van der Waals surface area contributed by atoms with Crippen LogP contribution in [-0.4, -0.2) is 18.3 Å². The van der Waals surface area contributed by atoms with Gasteiger partial charge in [-0.05, 0) is 47.6 Å². The fraction of sp³-hybridized carbons (Fsp3) is 0.538. The fourth-order valence-corrected chi connectivity index (χ4v) is 2.24. The van der Waals surface area contributed by atoms with E-state index in [2.05, 4.69) is 53.9 Å². The number of benzene rings is 1. The molecule has 2 N–H and O–H groups in total. The van der Waals surface area contributed by atoms with Crippen molar-refractivity contribution < 1.29 is 5.11 Å². The molecule has 0 aromatic heterocycles. The quantitative estimate of drug-likeness (QED) is 0.781. The lowest BCUT2D eigenvalue weighted by Crippen LogP contribution is -2.32. The topological polar surface area (TPSA) is 32.3 Å². The number of rotatable bonds is 6. The van der Waals surface area contributed by atoms with Gasteiger partial charge in [0.05, 0.1) is 6.61 Å². The largest absolute Gasteiger partial charge is 0.396 e. The Morgan fingerprint density at radius 3 is 2.38 bits per heavy atom. The molecule has 0 atom stereocenters. The van der Waals surface area contributed by atoms with Crippen LogP contribution in [0.3, 0.4) is 0 Å². The van der Waals surface area contributed by atoms with E-state index < -0.39 is 0 Å². The Morgan fingerprint density at radius 1 is 1.25 bits per heavy atom. The summed E-state index contributed by atoms with van der Waals surface area (Å²) in [6.45, 7) is 5.35. The van der Waals surface area contributed by atoms with Gasteiger partial charge in [-0.15, -0.1) is 0 Å². The average molecular weight is 333 g/mol. The zero-order chi connectivity index (χ0) is 12.0. The van der Waals surface area contributed by atoms with Gasteiger partial charge in [-0.25, -0.2) is 0 Å². The number of nitrogens with one attached hydrogen (secondary N) is 1. The monoisotopic (exact) mass is 333 g/mol. The number of aliphatic hydroxyl groups is 1. The molecule has 0 aliphatic rings. The van der Waals surface area contributed by atoms with E-state index in [9.17, 15) is 5.11 Å². The van der Waals surface area contributed by atoms with E-state index in [1.54, 1.807) is 0 Å². The summed E-state index contributed by atoms with van der Waals surface area (Å²) in [4.78, 5) is 0. The molecule has 3 heteroatoms. The highest BCUT2D eigenvalue weighted by atomic mass is 127. The highest BCUT2D eigenvalue weighted by Gasteiger charge is 2.24. The van der Waals surface area contributed by atoms with Crippen molar-refractivity contribution in [1.82, 2.24) is 0 Å². The van der Waals surface area contributed by atoms with Crippen molar-refractivity contribution in [3.05, 3.63) is 27.8 Å². The van der Waals surface area contributed by atoms with Crippen molar-refractivity contribution in [2.75, 3.05) is 18.5 Å². The third-order valence-corrected chi connectivity index (χ3v) is 4.30. The molecule has 0 bridgehead atoms. The van der Waals surface area contributed by atoms with Gasteiger partial charge in [-0.3, -0.25) is 0 Å². The molecule has 0 saturated heterocycles. The SMILES string of the molecule is CCC(CC)(CO)CNc1ccccc1I. The minimum absolute atomic E-state index is 0.0128. The van der Waals surface area contributed by atoms with Gasteiger partial charge in [-0.2, -0.15) is 0 Å². The van der Waals surface area contributed by atoms with Crippen molar-refractivity contribution in [3.8, 4) is 0 Å². The van der Waals surface area contributed by atoms with Crippen LogP contribution in [0.4, 0.5) is 5.69 Å². The van der Waals surface area contributed by atoms with Crippen LogP contribution in [-0.2, 0) is 0 Å². The summed E-state index contributed by atoms with van der Waals surface area (Å²) in [7, 11) is 0. The summed E-state index contributed by atoms with van der Waals surface area (Å²) >= 11 is 2.32. The molecular weight excluding hydrogens is 313 g/mol. The Hall–Kier alpha value is -0.290. The summed E-state index contributed by atoms with van der Waals surface area (Å²) in [5, 5.41) is 12.9. The van der Waals surface area contributed by atoms with E-state index in [4.69, 9.17) is 0 Å². The summed E-state index contributed by atoms with van der Waals surface area (Å²) in [6, 6.07) is 8.23. The van der Waals surface area contributed by atoms with Crippen LogP contribution in [0.2, 0.25) is 0 Å². The van der Waals surface area contributed by atoms with E-state index >= 15 is 0 Å². The molecule has 16 heavy (non-hydrogen) atoms. The molecule has 0 saturated carbocycles. The molecule has 0 amide bonds. The van der Waals surface area contributed by atoms with Crippen molar-refractivity contribution in [1.29, 1.82) is 0 Å². The lowest BCUT2D eigenvalue weighted by atomic mass is 9.83. The number of hydrogen-bond acceptors (Lipinski definition) is 2. The Bertz CT molecular complexity index is 315. The molecule has 90 valence electrons. The van der Waals surface area contributed by atoms with Crippen LogP contribution >= 0.6 is 22.6 Å². The zero-order valence-electron chi connectivity index (χ0n) is 9.96. The maximum atomic E-state index is 9.48. The third kappa shape index (κ3) is 3.35. The van der Waals surface area contributed by atoms with Crippen LogP contribution in [0, 0.1) is 8.99 Å². The van der Waals surface area contributed by atoms with Gasteiger partial charge in [0.2, 0.25) is 0 Å². The van der Waals surface area contributed by atoms with Crippen molar-refractivity contribution in [3.63, 3.8) is 0 Å². The van der Waals surface area contributed by atoms with Gasteiger partial charge >= 0.3 is 0 Å². The standard InChI is InChI=1S/C13H20INO/c1-3-13(4-2,10-16)9-15-12-8-6-5-7-11(12)14/h5-8,15-16H,3-4,9-10H2,1-2H3. The second-order valence-corrected chi connectivity index (χ2v) is 5.36. The Labute approximate surface area is 112 Å². The predicted molar refractivity (Wildman–Crippen MR) is 77.7 cm³/mol. The number of aliphatic hydroxyl groups excluding tert-OH is 1. The van der Waals surface area contributed by atoms with Crippen molar-refractivity contribution in [2.24, 2.45) is 5.41 Å². The molecule has 1 aromatic carbocycles. The summed E-state index contributed by atoms with van der Waals surface area (Å²) in [5.41, 5.74) is 1.17. The highest BCUT2D eigenvalue weighted by molar-refractivity contribution is 14.1. The molecule has 0 unspecified atom stereocenters. The van der Waals surface area contributed by atoms with Gasteiger partial charge < -0.3 is 10.4 Å². The molecule has 1 rings (SSSR count). The molecule has 0 heterocycles. The maximum absolute atomic E-state index is 9.48. The van der Waals surface area contributed by atoms with E-state index in [1.807, 2.05) is 12.1 Å². The van der Waals surface area contributed by atoms with Gasteiger partial charge in [0.1, 0.15) is 0 Å². The Kier molecular flexibility index (Phi) is 5.55. The second kappa shape index (κ2) is 6.45. The molecule has 0 fully saturated rings. The minimum atomic E-state index is 0.0128. The zero-order valence-corrected chi connectivity index (χ0v) is 12.1. The lowest BCUT2D eigenvalue weighted by molar-refractivity contribution is 0.127. The van der Waals surface area contributed by atoms with Gasteiger partial charge in [-0.1, -0.05) is 26.0 Å². The summed E-state index contributed by atoms with van der Waals surface area (Å²) < 4.78 is 1.22. The first-order valence-corrected chi connectivity index (χ1v) is 6.84. The minimum Gasteiger partial charge on any atom is -0.396 e. The fourth-order valence-electron chi connectivity index (χ4n) is 1.67. The smallest absolute Gasteiger partial charge is 0.0504 e. The van der Waals surface area contributed by atoms with Gasteiger partial charge in [0.15, 0.2) is 0 Å². The number of halogens is 1. The van der Waals surface area contributed by atoms with Crippen LogP contribution < -0.4 is 5.32 Å². The van der Waals surface area contributed by atoms with Crippen molar-refractivity contribution in [2.45, 2.75) is 26.7 Å². The summed E-state index contributed by atoms with van der Waals surface area (Å²) in [5.74, 6) is 0. The summed E-state index contributed by atoms with van der Waals surface area (Å²) in [6.07, 6.45) is 1.99. The third-order valence-electron chi connectivity index (χ3n) is 3.36. The number of para-hydroxylation sites is 1. The molecule has 0 spiro atoms. The first-order chi connectivity index (χ1) is 7.67. The first-order valence-electron chi connectivity index (χ1n) is 5.76. The van der Waals surface area contributed by atoms with E-state index in [0.717, 1.165) is 25.1 Å². The molecule has 0 aliphatic heterocycles. The first kappa shape index (κ1) is 13.8. The van der Waals surface area contributed by atoms with Crippen LogP contribution in [0.15, 0.2) is 24.3 Å². The second-order valence-electron chi connectivity index (χ2n) is 4.20. The van der Waals surface area contributed by atoms with Crippen molar-refractivity contribution >= 4 is 28.3 Å². The highest BCUT2D eigenvalue weighted by Crippen LogP contribution is 2.27. The molecule has 2 nitrogen and oxygen atoms in total. The van der Waals surface area contributed by atoms with Crippen LogP contribution in [0.1, 0.15) is 26.7 Å². The molecular formula is C13H20INO. The Balaban J connectivity index is 2.66. The van der Waals surface area contributed by atoms with E-state index in [-0.39, 0.29) is 12.0 Å². The number of hydrogen-bond donors (Lipinski definition) is 2. The average Bonchev–Trinajstić information content (AvgIpc) is 2.34. The van der Waals surface area contributed by atoms with E-state index in [1.165, 1.54) is 3.57 Å². The molecule has 0 aliphatic carbocycles. The number of anilines is 1. The molecule has 0 radical (unpaired) electrons. The predicted octanol–water partition coefficient (Wildman–Crippen LogP) is 3.50. The lowest BCUT2D eigenvalue weighted by Gasteiger charge is -2.30. The van der Waals surface area contributed by atoms with Gasteiger partial charge in [0.25, 0.3) is 0 Å². The Morgan fingerprint density at radius 2 is 1.88 bits per heavy atom. The van der Waals surface area contributed by atoms with E-state index in [0.29, 0.717) is 0 Å². The van der Waals surface area contributed by atoms with Crippen LogP contribution in [0.25, 0.3) is 0 Å².